The van der Waals surface area contributed by atoms with Crippen LogP contribution in [0, 0.1) is 11.8 Å². The molecular weight excluding hydrogens is 358 g/mol. The van der Waals surface area contributed by atoms with E-state index in [1.54, 1.807) is 36.7 Å². The number of hydrogen-bond donors (Lipinski definition) is 2. The molecule has 3 rings (SSSR count). The van der Waals surface area contributed by atoms with E-state index in [4.69, 9.17) is 0 Å². The smallest absolute Gasteiger partial charge is 0.240 e. The van der Waals surface area contributed by atoms with Crippen LogP contribution < -0.4 is 10.0 Å². The van der Waals surface area contributed by atoms with E-state index in [9.17, 15) is 8.42 Å². The summed E-state index contributed by atoms with van der Waals surface area (Å²) >= 11 is 0. The summed E-state index contributed by atoms with van der Waals surface area (Å²) in [4.78, 5) is 4.28. The first-order chi connectivity index (χ1) is 13.0. The molecule has 5 nitrogen and oxygen atoms in total. The maximum atomic E-state index is 12.6. The summed E-state index contributed by atoms with van der Waals surface area (Å²) in [5.41, 5.74) is 0.958. The minimum absolute atomic E-state index is 0.247. The molecular formula is C21H21N3O2S. The van der Waals surface area contributed by atoms with Crippen LogP contribution in [0.5, 0.6) is 0 Å². The van der Waals surface area contributed by atoms with Crippen molar-refractivity contribution in [3.05, 3.63) is 72.6 Å². The highest BCUT2D eigenvalue weighted by Crippen LogP contribution is 2.18. The van der Waals surface area contributed by atoms with Gasteiger partial charge in [-0.15, -0.1) is 0 Å². The maximum absolute atomic E-state index is 12.6. The predicted molar refractivity (Wildman–Crippen MR) is 108 cm³/mol. The zero-order valence-corrected chi connectivity index (χ0v) is 15.8. The predicted octanol–water partition coefficient (Wildman–Crippen LogP) is 2.54. The molecule has 0 spiro atoms. The van der Waals surface area contributed by atoms with Crippen LogP contribution in [0.25, 0.3) is 10.8 Å². The lowest BCUT2D eigenvalue weighted by Crippen LogP contribution is -2.40. The van der Waals surface area contributed by atoms with E-state index in [0.29, 0.717) is 13.1 Å². The Hall–Kier alpha value is -2.72. The number of rotatable bonds is 6. The highest BCUT2D eigenvalue weighted by Gasteiger charge is 2.17. The Bertz CT molecular complexity index is 1070. The van der Waals surface area contributed by atoms with Crippen LogP contribution in [0.15, 0.2) is 71.9 Å². The molecule has 6 heteroatoms. The standard InChI is InChI=1S/C21H21N3O2S/c1-17(15-22-12-5-8-18-6-3-2-4-7-18)24-27(25,26)21-10-9-20-16-23-13-11-19(20)14-21/h2-4,6-7,9-11,13-14,16-17,22,24H,12,15H2,1H3/t17-/m1/s1. The fourth-order valence-electron chi connectivity index (χ4n) is 2.62. The van der Waals surface area contributed by atoms with Gasteiger partial charge in [0.2, 0.25) is 10.0 Å². The summed E-state index contributed by atoms with van der Waals surface area (Å²) in [5, 5.41) is 4.90. The van der Waals surface area contributed by atoms with Crippen LogP contribution in [0.3, 0.4) is 0 Å². The van der Waals surface area contributed by atoms with E-state index in [-0.39, 0.29) is 10.9 Å². The number of benzene rings is 2. The minimum atomic E-state index is -3.58. The Kier molecular flexibility index (Phi) is 6.20. The number of hydrogen-bond acceptors (Lipinski definition) is 4. The lowest BCUT2D eigenvalue weighted by Gasteiger charge is -2.14. The molecule has 0 bridgehead atoms. The van der Waals surface area contributed by atoms with Gasteiger partial charge < -0.3 is 5.32 Å². The summed E-state index contributed by atoms with van der Waals surface area (Å²) < 4.78 is 27.8. The molecule has 1 aromatic heterocycles. The highest BCUT2D eigenvalue weighted by molar-refractivity contribution is 7.89. The third-order valence-electron chi connectivity index (χ3n) is 3.95. The van der Waals surface area contributed by atoms with Crippen molar-refractivity contribution < 1.29 is 8.42 Å². The van der Waals surface area contributed by atoms with Gasteiger partial charge >= 0.3 is 0 Å². The third kappa shape index (κ3) is 5.38. The van der Waals surface area contributed by atoms with Crippen molar-refractivity contribution >= 4 is 20.8 Å². The molecule has 27 heavy (non-hydrogen) atoms. The molecule has 1 atom stereocenters. The highest BCUT2D eigenvalue weighted by atomic mass is 32.2. The van der Waals surface area contributed by atoms with Gasteiger partial charge in [-0.25, -0.2) is 13.1 Å². The Morgan fingerprint density at radius 2 is 1.89 bits per heavy atom. The number of nitrogens with zero attached hydrogens (tertiary/aromatic N) is 1. The molecule has 2 aromatic carbocycles. The first kappa shape index (κ1) is 19.1. The van der Waals surface area contributed by atoms with Gasteiger partial charge in [-0.05, 0) is 42.6 Å². The van der Waals surface area contributed by atoms with E-state index in [1.807, 2.05) is 37.3 Å². The SMILES string of the molecule is C[C@H](CNCC#Cc1ccccc1)NS(=O)(=O)c1ccc2cnccc2c1. The maximum Gasteiger partial charge on any atom is 0.240 e. The lowest BCUT2D eigenvalue weighted by molar-refractivity contribution is 0.546. The molecule has 0 saturated carbocycles. The molecule has 0 aliphatic heterocycles. The van der Waals surface area contributed by atoms with Gasteiger partial charge in [0, 0.05) is 35.9 Å². The van der Waals surface area contributed by atoms with E-state index in [1.165, 1.54) is 0 Å². The summed E-state index contributed by atoms with van der Waals surface area (Å²) in [6.07, 6.45) is 3.36. The Balaban J connectivity index is 1.54. The number of fused-ring (bicyclic) bond motifs is 1. The van der Waals surface area contributed by atoms with Gasteiger partial charge in [0.25, 0.3) is 0 Å². The number of aromatic nitrogens is 1. The van der Waals surface area contributed by atoms with Crippen LogP contribution in [0.4, 0.5) is 0 Å². The van der Waals surface area contributed by atoms with Gasteiger partial charge in [-0.3, -0.25) is 4.98 Å². The average Bonchev–Trinajstić information content (AvgIpc) is 2.68. The van der Waals surface area contributed by atoms with Gasteiger partial charge in [0.1, 0.15) is 0 Å². The van der Waals surface area contributed by atoms with Gasteiger partial charge in [-0.1, -0.05) is 36.1 Å². The van der Waals surface area contributed by atoms with Crippen molar-refractivity contribution in [1.29, 1.82) is 0 Å². The zero-order valence-electron chi connectivity index (χ0n) is 15.0. The second kappa shape index (κ2) is 8.78. The molecule has 0 amide bonds. The molecule has 0 aliphatic carbocycles. The second-order valence-electron chi connectivity index (χ2n) is 6.21. The number of nitrogens with one attached hydrogen (secondary N) is 2. The average molecular weight is 379 g/mol. The molecule has 138 valence electrons. The van der Waals surface area contributed by atoms with Crippen LogP contribution in [0.2, 0.25) is 0 Å². The van der Waals surface area contributed by atoms with E-state index in [0.717, 1.165) is 16.3 Å². The Morgan fingerprint density at radius 3 is 2.70 bits per heavy atom. The van der Waals surface area contributed by atoms with E-state index in [2.05, 4.69) is 26.9 Å². The van der Waals surface area contributed by atoms with Crippen LogP contribution in [0.1, 0.15) is 12.5 Å². The number of pyridine rings is 1. The van der Waals surface area contributed by atoms with Crippen molar-refractivity contribution in [2.24, 2.45) is 0 Å². The Labute approximate surface area is 159 Å². The van der Waals surface area contributed by atoms with E-state index >= 15 is 0 Å². The van der Waals surface area contributed by atoms with Crippen molar-refractivity contribution in [1.82, 2.24) is 15.0 Å². The van der Waals surface area contributed by atoms with Crippen molar-refractivity contribution in [3.63, 3.8) is 0 Å². The van der Waals surface area contributed by atoms with Crippen LogP contribution >= 0.6 is 0 Å². The summed E-state index contributed by atoms with van der Waals surface area (Å²) in [7, 11) is -3.58. The number of sulfonamides is 1. The van der Waals surface area contributed by atoms with Crippen molar-refractivity contribution in [2.75, 3.05) is 13.1 Å². The Morgan fingerprint density at radius 1 is 1.07 bits per heavy atom. The molecule has 0 radical (unpaired) electrons. The fraction of sp³-hybridized carbons (Fsp3) is 0.190. The van der Waals surface area contributed by atoms with Gasteiger partial charge in [0.15, 0.2) is 0 Å². The van der Waals surface area contributed by atoms with Gasteiger partial charge in [0.05, 0.1) is 11.4 Å². The first-order valence-electron chi connectivity index (χ1n) is 8.65. The lowest BCUT2D eigenvalue weighted by atomic mass is 10.2. The molecule has 1 heterocycles. The van der Waals surface area contributed by atoms with Crippen LogP contribution in [-0.4, -0.2) is 32.5 Å². The fourth-order valence-corrected chi connectivity index (χ4v) is 3.90. The molecule has 0 fully saturated rings. The molecule has 3 aromatic rings. The minimum Gasteiger partial charge on any atom is -0.305 e. The second-order valence-corrected chi connectivity index (χ2v) is 7.92. The first-order valence-corrected chi connectivity index (χ1v) is 10.1. The quantitative estimate of drug-likeness (QED) is 0.510. The topological polar surface area (TPSA) is 71.1 Å². The van der Waals surface area contributed by atoms with E-state index < -0.39 is 10.0 Å². The molecule has 2 N–H and O–H groups in total. The van der Waals surface area contributed by atoms with Crippen molar-refractivity contribution in [3.8, 4) is 11.8 Å². The van der Waals surface area contributed by atoms with Gasteiger partial charge in [-0.2, -0.15) is 0 Å². The molecule has 0 unspecified atom stereocenters. The van der Waals surface area contributed by atoms with Crippen molar-refractivity contribution in [2.45, 2.75) is 17.9 Å². The molecule has 0 aliphatic rings. The summed E-state index contributed by atoms with van der Waals surface area (Å²) in [6, 6.07) is 16.3. The molecule has 0 saturated heterocycles. The normalized spacial score (nSPS) is 12.3. The third-order valence-corrected chi connectivity index (χ3v) is 5.54. The summed E-state index contributed by atoms with van der Waals surface area (Å²) in [6.45, 7) is 2.80. The summed E-state index contributed by atoms with van der Waals surface area (Å²) in [5.74, 6) is 6.08. The monoisotopic (exact) mass is 379 g/mol. The largest absolute Gasteiger partial charge is 0.305 e. The van der Waals surface area contributed by atoms with Crippen LogP contribution in [-0.2, 0) is 10.0 Å². The zero-order chi connectivity index (χ0) is 19.1.